The average molecular weight is 439 g/mol. The summed E-state index contributed by atoms with van der Waals surface area (Å²) < 4.78 is 1.50. The predicted molar refractivity (Wildman–Crippen MR) is 128 cm³/mol. The lowest BCUT2D eigenvalue weighted by Crippen LogP contribution is -2.54. The Labute approximate surface area is 188 Å². The standard InChI is InChI=1S/C25H17N3O3S/c1-15(29)27-14-17(19-10-4-5-11-21(19)27)13-20-23(30)26-25(32)28(24(20)31)22-12-6-8-16-7-2-3-9-18(16)22/h2-14H,1H3,(H,26,30,32)/b20-13-. The van der Waals surface area contributed by atoms with Crippen LogP contribution in [0.1, 0.15) is 17.3 Å². The molecule has 0 spiro atoms. The van der Waals surface area contributed by atoms with Gasteiger partial charge < -0.3 is 0 Å². The molecule has 7 heteroatoms. The van der Waals surface area contributed by atoms with Crippen molar-refractivity contribution in [3.63, 3.8) is 0 Å². The van der Waals surface area contributed by atoms with E-state index in [1.54, 1.807) is 12.3 Å². The second kappa shape index (κ2) is 7.55. The minimum Gasteiger partial charge on any atom is -0.298 e. The highest BCUT2D eigenvalue weighted by Crippen LogP contribution is 2.31. The Balaban J connectivity index is 1.66. The van der Waals surface area contributed by atoms with Crippen LogP contribution in [0, 0.1) is 0 Å². The highest BCUT2D eigenvalue weighted by atomic mass is 32.1. The van der Waals surface area contributed by atoms with Gasteiger partial charge in [0, 0.05) is 29.5 Å². The summed E-state index contributed by atoms with van der Waals surface area (Å²) in [6.45, 7) is 1.46. The number of amides is 2. The third-order valence-electron chi connectivity index (χ3n) is 5.49. The Morgan fingerprint density at radius 3 is 2.41 bits per heavy atom. The summed E-state index contributed by atoms with van der Waals surface area (Å²) in [6, 6.07) is 20.6. The molecule has 2 amide bonds. The first-order valence-electron chi connectivity index (χ1n) is 9.96. The molecule has 1 aromatic heterocycles. The molecule has 156 valence electrons. The number of benzene rings is 3. The number of para-hydroxylation sites is 1. The number of hydrogen-bond donors (Lipinski definition) is 1. The highest BCUT2D eigenvalue weighted by Gasteiger charge is 2.35. The van der Waals surface area contributed by atoms with Gasteiger partial charge >= 0.3 is 0 Å². The van der Waals surface area contributed by atoms with E-state index in [0.717, 1.165) is 16.2 Å². The molecule has 6 nitrogen and oxygen atoms in total. The molecule has 0 saturated carbocycles. The first kappa shape index (κ1) is 19.8. The third kappa shape index (κ3) is 3.11. The fraction of sp³-hybridized carbons (Fsp3) is 0.0400. The number of thiocarbonyl (C=S) groups is 1. The summed E-state index contributed by atoms with van der Waals surface area (Å²) in [5.41, 5.74) is 1.84. The number of rotatable bonds is 2. The lowest BCUT2D eigenvalue weighted by atomic mass is 10.0. The Morgan fingerprint density at radius 1 is 0.938 bits per heavy atom. The smallest absolute Gasteiger partial charge is 0.270 e. The molecule has 0 unspecified atom stereocenters. The zero-order valence-electron chi connectivity index (χ0n) is 17.0. The van der Waals surface area contributed by atoms with E-state index in [9.17, 15) is 14.4 Å². The van der Waals surface area contributed by atoms with Gasteiger partial charge in [-0.2, -0.15) is 0 Å². The maximum atomic E-state index is 13.5. The number of carbonyl (C=O) groups excluding carboxylic acids is 3. The van der Waals surface area contributed by atoms with E-state index in [2.05, 4.69) is 5.32 Å². The molecule has 0 aliphatic carbocycles. The summed E-state index contributed by atoms with van der Waals surface area (Å²) in [6.07, 6.45) is 3.15. The quantitative estimate of drug-likeness (QED) is 0.287. The van der Waals surface area contributed by atoms with Gasteiger partial charge in [0.05, 0.1) is 11.2 Å². The Kier molecular flexibility index (Phi) is 4.68. The molecule has 3 aromatic carbocycles. The molecule has 5 rings (SSSR count). The number of hydrogen-bond acceptors (Lipinski definition) is 4. The van der Waals surface area contributed by atoms with Crippen LogP contribution in [-0.4, -0.2) is 27.4 Å². The molecule has 1 saturated heterocycles. The largest absolute Gasteiger partial charge is 0.298 e. The average Bonchev–Trinajstić information content (AvgIpc) is 3.15. The third-order valence-corrected chi connectivity index (χ3v) is 5.78. The molecule has 1 aliphatic rings. The van der Waals surface area contributed by atoms with E-state index < -0.39 is 11.8 Å². The second-order valence-corrected chi connectivity index (χ2v) is 7.83. The molecule has 1 aliphatic heterocycles. The molecule has 0 radical (unpaired) electrons. The first-order chi connectivity index (χ1) is 15.5. The van der Waals surface area contributed by atoms with E-state index in [1.165, 1.54) is 22.5 Å². The van der Waals surface area contributed by atoms with Gasteiger partial charge in [-0.1, -0.05) is 54.6 Å². The molecule has 1 N–H and O–H groups in total. The summed E-state index contributed by atoms with van der Waals surface area (Å²) in [5.74, 6) is -1.25. The molecular weight excluding hydrogens is 422 g/mol. The first-order valence-corrected chi connectivity index (χ1v) is 10.4. The number of fused-ring (bicyclic) bond motifs is 2. The fourth-order valence-electron chi connectivity index (χ4n) is 4.02. The maximum Gasteiger partial charge on any atom is 0.270 e. The van der Waals surface area contributed by atoms with Crippen LogP contribution in [0.5, 0.6) is 0 Å². The lowest BCUT2D eigenvalue weighted by Gasteiger charge is -2.29. The van der Waals surface area contributed by atoms with Crippen LogP contribution in [0.25, 0.3) is 27.8 Å². The van der Waals surface area contributed by atoms with Gasteiger partial charge in [0.25, 0.3) is 11.8 Å². The second-order valence-electron chi connectivity index (χ2n) is 7.45. The molecule has 1 fully saturated rings. The van der Waals surface area contributed by atoms with Crippen molar-refractivity contribution in [3.05, 3.63) is 84.1 Å². The summed E-state index contributed by atoms with van der Waals surface area (Å²) in [5, 5.41) is 5.21. The Bertz CT molecular complexity index is 1490. The van der Waals surface area contributed by atoms with Gasteiger partial charge in [-0.05, 0) is 35.8 Å². The maximum absolute atomic E-state index is 13.5. The van der Waals surface area contributed by atoms with Crippen LogP contribution in [0.15, 0.2) is 78.5 Å². The van der Waals surface area contributed by atoms with Crippen LogP contribution in [-0.2, 0) is 9.59 Å². The Hall–Kier alpha value is -4.10. The summed E-state index contributed by atoms with van der Waals surface area (Å²) in [4.78, 5) is 39.7. The molecule has 4 aromatic rings. The molecule has 0 atom stereocenters. The molecule has 0 bridgehead atoms. The van der Waals surface area contributed by atoms with E-state index in [-0.39, 0.29) is 16.6 Å². The van der Waals surface area contributed by atoms with Crippen molar-refractivity contribution in [1.82, 2.24) is 9.88 Å². The molecular formula is C25H17N3O3S. The highest BCUT2D eigenvalue weighted by molar-refractivity contribution is 7.80. The van der Waals surface area contributed by atoms with Gasteiger partial charge in [0.1, 0.15) is 5.57 Å². The van der Waals surface area contributed by atoms with Crippen molar-refractivity contribution in [2.24, 2.45) is 0 Å². The van der Waals surface area contributed by atoms with E-state index in [4.69, 9.17) is 12.2 Å². The number of anilines is 1. The number of carbonyl (C=O) groups is 3. The van der Waals surface area contributed by atoms with Gasteiger partial charge in [-0.25, -0.2) is 0 Å². The van der Waals surface area contributed by atoms with Crippen molar-refractivity contribution in [2.45, 2.75) is 6.92 Å². The van der Waals surface area contributed by atoms with Crippen molar-refractivity contribution < 1.29 is 14.4 Å². The topological polar surface area (TPSA) is 71.4 Å². The van der Waals surface area contributed by atoms with Crippen molar-refractivity contribution in [3.8, 4) is 0 Å². The fourth-order valence-corrected chi connectivity index (χ4v) is 4.29. The SMILES string of the molecule is CC(=O)n1cc(/C=C2/C(=O)NC(=S)N(c3cccc4ccccc34)C2=O)c2ccccc21. The minimum absolute atomic E-state index is 0.0275. The van der Waals surface area contributed by atoms with E-state index in [1.807, 2.05) is 60.7 Å². The number of nitrogens with one attached hydrogen (secondary N) is 1. The minimum atomic E-state index is -0.573. The molecule has 32 heavy (non-hydrogen) atoms. The van der Waals surface area contributed by atoms with Gasteiger partial charge in [0.15, 0.2) is 5.11 Å². The van der Waals surface area contributed by atoms with E-state index in [0.29, 0.717) is 16.8 Å². The zero-order chi connectivity index (χ0) is 22.4. The Morgan fingerprint density at radius 2 is 1.62 bits per heavy atom. The summed E-state index contributed by atoms with van der Waals surface area (Å²) >= 11 is 5.36. The summed E-state index contributed by atoms with van der Waals surface area (Å²) in [7, 11) is 0. The molecule has 2 heterocycles. The zero-order valence-corrected chi connectivity index (χ0v) is 17.8. The van der Waals surface area contributed by atoms with Crippen LogP contribution < -0.4 is 10.2 Å². The van der Waals surface area contributed by atoms with Crippen molar-refractivity contribution >= 4 is 68.5 Å². The van der Waals surface area contributed by atoms with Gasteiger partial charge in [0.2, 0.25) is 5.91 Å². The monoisotopic (exact) mass is 439 g/mol. The number of nitrogens with zero attached hydrogens (tertiary/aromatic N) is 2. The number of aromatic nitrogens is 1. The van der Waals surface area contributed by atoms with Gasteiger partial charge in [-0.3, -0.25) is 29.2 Å². The van der Waals surface area contributed by atoms with Gasteiger partial charge in [-0.15, -0.1) is 0 Å². The van der Waals surface area contributed by atoms with Crippen LogP contribution in [0.2, 0.25) is 0 Å². The van der Waals surface area contributed by atoms with Crippen LogP contribution in [0.3, 0.4) is 0 Å². The van der Waals surface area contributed by atoms with E-state index >= 15 is 0 Å². The normalized spacial score (nSPS) is 15.6. The van der Waals surface area contributed by atoms with Crippen molar-refractivity contribution in [1.29, 1.82) is 0 Å². The predicted octanol–water partition coefficient (Wildman–Crippen LogP) is 4.29. The van der Waals surface area contributed by atoms with Crippen LogP contribution >= 0.6 is 12.2 Å². The lowest BCUT2D eigenvalue weighted by molar-refractivity contribution is -0.122. The van der Waals surface area contributed by atoms with Crippen molar-refractivity contribution in [2.75, 3.05) is 4.90 Å². The van der Waals surface area contributed by atoms with Crippen LogP contribution in [0.4, 0.5) is 5.69 Å².